The second kappa shape index (κ2) is 8.54. The SMILES string of the molecule is C=C(C)C(=O)OC(F)(F)C(F)(F)CCCCCCCC(F)(F)F. The minimum absolute atomic E-state index is 0.0813. The van der Waals surface area contributed by atoms with Crippen LogP contribution in [-0.4, -0.2) is 24.2 Å². The summed E-state index contributed by atoms with van der Waals surface area (Å²) in [5.41, 5.74) is -0.440. The Kier molecular flexibility index (Phi) is 8.06. The Morgan fingerprint density at radius 1 is 0.870 bits per heavy atom. The number of halogens is 7. The van der Waals surface area contributed by atoms with Crippen LogP contribution in [-0.2, 0) is 9.53 Å². The van der Waals surface area contributed by atoms with Crippen molar-refractivity contribution in [2.24, 2.45) is 0 Å². The fourth-order valence-corrected chi connectivity index (χ4v) is 1.63. The van der Waals surface area contributed by atoms with Gasteiger partial charge in [-0.3, -0.25) is 0 Å². The summed E-state index contributed by atoms with van der Waals surface area (Å²) in [6, 6.07) is 0. The lowest BCUT2D eigenvalue weighted by Gasteiger charge is -2.25. The number of carbonyl (C=O) groups is 1. The summed E-state index contributed by atoms with van der Waals surface area (Å²) >= 11 is 0. The number of carbonyl (C=O) groups excluding carboxylic acids is 1. The monoisotopic (exact) mass is 352 g/mol. The van der Waals surface area contributed by atoms with E-state index in [4.69, 9.17) is 0 Å². The molecular formula is C14H19F7O2. The molecule has 0 atom stereocenters. The predicted molar refractivity (Wildman–Crippen MR) is 69.2 cm³/mol. The third-order valence-corrected chi connectivity index (χ3v) is 2.95. The minimum Gasteiger partial charge on any atom is -0.393 e. The fourth-order valence-electron chi connectivity index (χ4n) is 1.63. The molecule has 0 aromatic heterocycles. The molecule has 0 aromatic rings. The van der Waals surface area contributed by atoms with E-state index < -0.39 is 42.6 Å². The quantitative estimate of drug-likeness (QED) is 0.221. The van der Waals surface area contributed by atoms with Gasteiger partial charge in [-0.25, -0.2) is 4.79 Å². The van der Waals surface area contributed by atoms with Crippen molar-refractivity contribution in [3.8, 4) is 0 Å². The first-order valence-corrected chi connectivity index (χ1v) is 7.00. The van der Waals surface area contributed by atoms with Gasteiger partial charge in [-0.05, 0) is 19.8 Å². The van der Waals surface area contributed by atoms with Crippen LogP contribution in [0.25, 0.3) is 0 Å². The van der Waals surface area contributed by atoms with Gasteiger partial charge in [0.15, 0.2) is 0 Å². The van der Waals surface area contributed by atoms with Crippen molar-refractivity contribution in [3.05, 3.63) is 12.2 Å². The van der Waals surface area contributed by atoms with E-state index >= 15 is 0 Å². The number of ether oxygens (including phenoxy) is 1. The van der Waals surface area contributed by atoms with Gasteiger partial charge >= 0.3 is 24.2 Å². The van der Waals surface area contributed by atoms with Crippen LogP contribution in [0.1, 0.15) is 51.9 Å². The second-order valence-corrected chi connectivity index (χ2v) is 5.27. The average molecular weight is 352 g/mol. The first-order valence-electron chi connectivity index (χ1n) is 7.00. The zero-order valence-corrected chi connectivity index (χ0v) is 12.6. The van der Waals surface area contributed by atoms with E-state index in [-0.39, 0.29) is 32.1 Å². The Bertz CT molecular complexity index is 402. The van der Waals surface area contributed by atoms with Crippen LogP contribution in [0.15, 0.2) is 12.2 Å². The van der Waals surface area contributed by atoms with Crippen molar-refractivity contribution < 1.29 is 40.3 Å². The average Bonchev–Trinajstić information content (AvgIpc) is 2.35. The summed E-state index contributed by atoms with van der Waals surface area (Å²) < 4.78 is 92.1. The van der Waals surface area contributed by atoms with E-state index in [2.05, 4.69) is 11.3 Å². The predicted octanol–water partition coefficient (Wildman–Crippen LogP) is 5.63. The van der Waals surface area contributed by atoms with Crippen molar-refractivity contribution in [1.82, 2.24) is 0 Å². The maximum atomic E-state index is 13.4. The summed E-state index contributed by atoms with van der Waals surface area (Å²) in [5, 5.41) is 0. The molecule has 0 spiro atoms. The highest BCUT2D eigenvalue weighted by Crippen LogP contribution is 2.39. The van der Waals surface area contributed by atoms with E-state index in [9.17, 15) is 35.5 Å². The van der Waals surface area contributed by atoms with Gasteiger partial charge in [0, 0.05) is 18.4 Å². The molecule has 0 aliphatic rings. The molecule has 0 saturated carbocycles. The molecule has 0 radical (unpaired) electrons. The molecule has 2 nitrogen and oxygen atoms in total. The molecule has 23 heavy (non-hydrogen) atoms. The van der Waals surface area contributed by atoms with Gasteiger partial charge in [-0.15, -0.1) is 0 Å². The molecule has 0 fully saturated rings. The minimum atomic E-state index is -4.96. The molecule has 0 bridgehead atoms. The molecule has 0 N–H and O–H groups in total. The van der Waals surface area contributed by atoms with Crippen LogP contribution in [0.5, 0.6) is 0 Å². The Hall–Kier alpha value is -1.28. The lowest BCUT2D eigenvalue weighted by molar-refractivity contribution is -0.331. The molecule has 0 rings (SSSR count). The highest BCUT2D eigenvalue weighted by Gasteiger charge is 2.59. The highest BCUT2D eigenvalue weighted by atomic mass is 19.4. The topological polar surface area (TPSA) is 26.3 Å². The molecule has 0 unspecified atom stereocenters. The largest absolute Gasteiger partial charge is 0.466 e. The molecule has 0 heterocycles. The third-order valence-electron chi connectivity index (χ3n) is 2.95. The van der Waals surface area contributed by atoms with Gasteiger partial charge < -0.3 is 4.74 Å². The zero-order valence-electron chi connectivity index (χ0n) is 12.6. The normalized spacial score (nSPS) is 13.0. The van der Waals surface area contributed by atoms with E-state index in [1.807, 2.05) is 0 Å². The first-order chi connectivity index (χ1) is 10.3. The van der Waals surface area contributed by atoms with Crippen LogP contribution in [0.4, 0.5) is 30.7 Å². The Morgan fingerprint density at radius 3 is 1.74 bits per heavy atom. The number of alkyl halides is 7. The number of esters is 1. The first kappa shape index (κ1) is 21.7. The molecule has 0 aliphatic carbocycles. The van der Waals surface area contributed by atoms with Crippen LogP contribution in [0.3, 0.4) is 0 Å². The fraction of sp³-hybridized carbons (Fsp3) is 0.786. The number of hydrogen-bond donors (Lipinski definition) is 0. The van der Waals surface area contributed by atoms with E-state index in [0.717, 1.165) is 6.92 Å². The van der Waals surface area contributed by atoms with Gasteiger partial charge in [0.05, 0.1) is 0 Å². The van der Waals surface area contributed by atoms with Gasteiger partial charge in [-0.2, -0.15) is 30.7 Å². The summed E-state index contributed by atoms with van der Waals surface area (Å²) in [5.74, 6) is -6.17. The molecule has 0 aromatic carbocycles. The van der Waals surface area contributed by atoms with Crippen LogP contribution in [0, 0.1) is 0 Å². The summed E-state index contributed by atoms with van der Waals surface area (Å²) in [6.45, 7) is 4.05. The van der Waals surface area contributed by atoms with E-state index in [1.54, 1.807) is 0 Å². The Balaban J connectivity index is 4.12. The smallest absolute Gasteiger partial charge is 0.393 e. The van der Waals surface area contributed by atoms with Crippen molar-refractivity contribution in [3.63, 3.8) is 0 Å². The zero-order chi connectivity index (χ0) is 18.3. The maximum Gasteiger partial charge on any atom is 0.466 e. The molecule has 136 valence electrons. The van der Waals surface area contributed by atoms with E-state index in [0.29, 0.717) is 0 Å². The molecule has 0 saturated heterocycles. The second-order valence-electron chi connectivity index (χ2n) is 5.27. The standard InChI is InChI=1S/C14H19F7O2/c1-10(2)11(22)23-14(20,21)12(15,16)8-6-4-3-5-7-9-13(17,18)19/h1,3-9H2,2H3. The maximum absolute atomic E-state index is 13.4. The van der Waals surface area contributed by atoms with Crippen LogP contribution in [0.2, 0.25) is 0 Å². The molecule has 0 amide bonds. The van der Waals surface area contributed by atoms with Crippen LogP contribution >= 0.6 is 0 Å². The molecular weight excluding hydrogens is 333 g/mol. The highest BCUT2D eigenvalue weighted by molar-refractivity contribution is 5.87. The van der Waals surface area contributed by atoms with Gasteiger partial charge in [0.2, 0.25) is 0 Å². The summed E-state index contributed by atoms with van der Waals surface area (Å²) in [7, 11) is 0. The van der Waals surface area contributed by atoms with Gasteiger partial charge in [0.1, 0.15) is 0 Å². The lowest BCUT2D eigenvalue weighted by Crippen LogP contribution is -2.44. The molecule has 0 aliphatic heterocycles. The summed E-state index contributed by atoms with van der Waals surface area (Å²) in [6.07, 6.45) is -11.4. The Morgan fingerprint density at radius 2 is 1.30 bits per heavy atom. The number of unbranched alkanes of at least 4 members (excludes halogenated alkanes) is 4. The number of hydrogen-bond acceptors (Lipinski definition) is 2. The Labute approximate surface area is 129 Å². The van der Waals surface area contributed by atoms with Crippen LogP contribution < -0.4 is 0 Å². The van der Waals surface area contributed by atoms with Crippen molar-refractivity contribution in [1.29, 1.82) is 0 Å². The van der Waals surface area contributed by atoms with Crippen molar-refractivity contribution in [2.75, 3.05) is 0 Å². The van der Waals surface area contributed by atoms with Gasteiger partial charge in [-0.1, -0.05) is 25.8 Å². The van der Waals surface area contributed by atoms with Crippen molar-refractivity contribution in [2.45, 2.75) is 70.1 Å². The summed E-state index contributed by atoms with van der Waals surface area (Å²) in [4.78, 5) is 10.9. The third kappa shape index (κ3) is 8.80. The van der Waals surface area contributed by atoms with Crippen molar-refractivity contribution >= 4 is 5.97 Å². The number of rotatable bonds is 10. The lowest BCUT2D eigenvalue weighted by atomic mass is 10.1. The molecule has 9 heteroatoms. The van der Waals surface area contributed by atoms with E-state index in [1.165, 1.54) is 0 Å². The van der Waals surface area contributed by atoms with Gasteiger partial charge in [0.25, 0.3) is 0 Å².